The number of benzene rings is 1. The van der Waals surface area contributed by atoms with Crippen molar-refractivity contribution in [1.82, 2.24) is 0 Å². The molecule has 3 heteroatoms. The third kappa shape index (κ3) is 5.71. The Morgan fingerprint density at radius 2 is 1.70 bits per heavy atom. The van der Waals surface area contributed by atoms with Crippen LogP contribution in [0.1, 0.15) is 26.7 Å². The van der Waals surface area contributed by atoms with E-state index in [0.29, 0.717) is 23.2 Å². The number of rotatable bonds is 7. The third-order valence-electron chi connectivity index (χ3n) is 2.84. The summed E-state index contributed by atoms with van der Waals surface area (Å²) in [5, 5.41) is 0. The van der Waals surface area contributed by atoms with Crippen molar-refractivity contribution in [2.45, 2.75) is 26.7 Å². The van der Waals surface area contributed by atoms with E-state index >= 15 is 0 Å². The van der Waals surface area contributed by atoms with Crippen molar-refractivity contribution in [1.29, 1.82) is 0 Å². The Hall–Kier alpha value is -2.08. The SMILES string of the molecule is CC#CCCC(C)/C=C/Oc1cc(OC)cc(OC)c1. The van der Waals surface area contributed by atoms with Crippen LogP contribution in [0.25, 0.3) is 0 Å². The van der Waals surface area contributed by atoms with Gasteiger partial charge >= 0.3 is 0 Å². The molecule has 1 atom stereocenters. The molecule has 0 saturated heterocycles. The van der Waals surface area contributed by atoms with Gasteiger partial charge in [0.25, 0.3) is 0 Å². The predicted molar refractivity (Wildman–Crippen MR) is 81.2 cm³/mol. The predicted octanol–water partition coefficient (Wildman–Crippen LogP) is 4.04. The maximum Gasteiger partial charge on any atom is 0.133 e. The van der Waals surface area contributed by atoms with Gasteiger partial charge in [0.2, 0.25) is 0 Å². The Morgan fingerprint density at radius 1 is 1.10 bits per heavy atom. The van der Waals surface area contributed by atoms with Crippen LogP contribution in [0.4, 0.5) is 0 Å². The Kier molecular flexibility index (Phi) is 7.13. The summed E-state index contributed by atoms with van der Waals surface area (Å²) < 4.78 is 16.0. The number of ether oxygens (including phenoxy) is 3. The van der Waals surface area contributed by atoms with Gasteiger partial charge in [-0.3, -0.25) is 0 Å². The van der Waals surface area contributed by atoms with Gasteiger partial charge in [-0.05, 0) is 25.3 Å². The lowest BCUT2D eigenvalue weighted by Crippen LogP contribution is -1.92. The summed E-state index contributed by atoms with van der Waals surface area (Å²) in [7, 11) is 3.23. The van der Waals surface area contributed by atoms with E-state index < -0.39 is 0 Å². The molecular formula is C17H22O3. The lowest BCUT2D eigenvalue weighted by atomic mass is 10.1. The van der Waals surface area contributed by atoms with Gasteiger partial charge in [0.05, 0.1) is 20.5 Å². The second-order valence-corrected chi connectivity index (χ2v) is 4.44. The van der Waals surface area contributed by atoms with E-state index in [1.165, 1.54) is 0 Å². The zero-order valence-corrected chi connectivity index (χ0v) is 12.6. The van der Waals surface area contributed by atoms with Crippen LogP contribution in [0.3, 0.4) is 0 Å². The molecule has 0 amide bonds. The summed E-state index contributed by atoms with van der Waals surface area (Å²) in [6.45, 7) is 4.00. The first-order valence-electron chi connectivity index (χ1n) is 6.65. The second kappa shape index (κ2) is 8.92. The van der Waals surface area contributed by atoms with Crippen LogP contribution in [-0.2, 0) is 0 Å². The molecule has 1 rings (SSSR count). The van der Waals surface area contributed by atoms with E-state index in [9.17, 15) is 0 Å². The Balaban J connectivity index is 2.57. The van der Waals surface area contributed by atoms with Gasteiger partial charge in [-0.1, -0.05) is 6.92 Å². The number of allylic oxidation sites excluding steroid dienone is 1. The molecule has 20 heavy (non-hydrogen) atoms. The highest BCUT2D eigenvalue weighted by molar-refractivity contribution is 5.42. The average Bonchev–Trinajstić information content (AvgIpc) is 2.47. The summed E-state index contributed by atoms with van der Waals surface area (Å²) in [5.74, 6) is 8.50. The van der Waals surface area contributed by atoms with Crippen LogP contribution in [0.5, 0.6) is 17.2 Å². The highest BCUT2D eigenvalue weighted by Crippen LogP contribution is 2.27. The normalized spacial score (nSPS) is 11.6. The van der Waals surface area contributed by atoms with Crippen LogP contribution in [0.2, 0.25) is 0 Å². The quantitative estimate of drug-likeness (QED) is 0.555. The van der Waals surface area contributed by atoms with E-state index in [1.54, 1.807) is 20.5 Å². The lowest BCUT2D eigenvalue weighted by Gasteiger charge is -2.08. The zero-order chi connectivity index (χ0) is 14.8. The van der Waals surface area contributed by atoms with Crippen LogP contribution in [-0.4, -0.2) is 14.2 Å². The molecule has 0 heterocycles. The van der Waals surface area contributed by atoms with Crippen molar-refractivity contribution in [3.05, 3.63) is 30.5 Å². The zero-order valence-electron chi connectivity index (χ0n) is 12.6. The first kappa shape index (κ1) is 16.0. The monoisotopic (exact) mass is 274 g/mol. The number of hydrogen-bond donors (Lipinski definition) is 0. The van der Waals surface area contributed by atoms with Crippen molar-refractivity contribution >= 4 is 0 Å². The highest BCUT2D eigenvalue weighted by atomic mass is 16.5. The van der Waals surface area contributed by atoms with Crippen LogP contribution in [0.15, 0.2) is 30.5 Å². The molecule has 3 nitrogen and oxygen atoms in total. The van der Waals surface area contributed by atoms with Crippen molar-refractivity contribution in [2.75, 3.05) is 14.2 Å². The summed E-state index contributed by atoms with van der Waals surface area (Å²) in [5.41, 5.74) is 0. The maximum absolute atomic E-state index is 5.59. The molecule has 0 aliphatic rings. The molecule has 1 aromatic rings. The molecule has 0 aliphatic heterocycles. The van der Waals surface area contributed by atoms with E-state index in [4.69, 9.17) is 14.2 Å². The minimum absolute atomic E-state index is 0.434. The molecule has 108 valence electrons. The molecule has 0 fully saturated rings. The number of hydrogen-bond acceptors (Lipinski definition) is 3. The Morgan fingerprint density at radius 3 is 2.25 bits per heavy atom. The van der Waals surface area contributed by atoms with Crippen LogP contribution in [0, 0.1) is 17.8 Å². The first-order chi connectivity index (χ1) is 9.69. The van der Waals surface area contributed by atoms with Gasteiger partial charge in [-0.2, -0.15) is 0 Å². The average molecular weight is 274 g/mol. The molecule has 0 bridgehead atoms. The summed E-state index contributed by atoms with van der Waals surface area (Å²) in [6, 6.07) is 5.45. The fraction of sp³-hybridized carbons (Fsp3) is 0.412. The van der Waals surface area contributed by atoms with Crippen LogP contribution >= 0.6 is 0 Å². The number of methoxy groups -OCH3 is 2. The molecule has 0 aliphatic carbocycles. The molecule has 0 aromatic heterocycles. The second-order valence-electron chi connectivity index (χ2n) is 4.44. The summed E-state index contributed by atoms with van der Waals surface area (Å²) in [6.07, 6.45) is 5.68. The van der Waals surface area contributed by atoms with Crippen molar-refractivity contribution < 1.29 is 14.2 Å². The molecule has 0 spiro atoms. The third-order valence-corrected chi connectivity index (χ3v) is 2.84. The summed E-state index contributed by atoms with van der Waals surface area (Å²) in [4.78, 5) is 0. The Labute approximate surface area is 121 Å². The molecule has 0 radical (unpaired) electrons. The lowest BCUT2D eigenvalue weighted by molar-refractivity contribution is 0.386. The van der Waals surface area contributed by atoms with E-state index in [0.717, 1.165) is 12.8 Å². The van der Waals surface area contributed by atoms with Gasteiger partial charge in [-0.15, -0.1) is 11.8 Å². The van der Waals surface area contributed by atoms with Gasteiger partial charge in [0.1, 0.15) is 17.2 Å². The van der Waals surface area contributed by atoms with Gasteiger partial charge in [-0.25, -0.2) is 0 Å². The van der Waals surface area contributed by atoms with Crippen LogP contribution < -0.4 is 14.2 Å². The molecule has 1 aromatic carbocycles. The molecule has 1 unspecified atom stereocenters. The largest absolute Gasteiger partial charge is 0.496 e. The van der Waals surface area contributed by atoms with Crippen molar-refractivity contribution in [3.8, 4) is 29.1 Å². The highest BCUT2D eigenvalue weighted by Gasteiger charge is 2.02. The minimum atomic E-state index is 0.434. The summed E-state index contributed by atoms with van der Waals surface area (Å²) >= 11 is 0. The van der Waals surface area contributed by atoms with E-state index in [2.05, 4.69) is 18.8 Å². The smallest absolute Gasteiger partial charge is 0.133 e. The van der Waals surface area contributed by atoms with E-state index in [1.807, 2.05) is 31.2 Å². The van der Waals surface area contributed by atoms with Crippen molar-refractivity contribution in [2.24, 2.45) is 5.92 Å². The molecule has 0 N–H and O–H groups in total. The molecule has 0 saturated carbocycles. The first-order valence-corrected chi connectivity index (χ1v) is 6.65. The standard InChI is InChI=1S/C17H22O3/c1-5-6-7-8-14(2)9-10-20-17-12-15(18-3)11-16(13-17)19-4/h9-14H,7-8H2,1-4H3/b10-9+. The van der Waals surface area contributed by atoms with E-state index in [-0.39, 0.29) is 0 Å². The van der Waals surface area contributed by atoms with Crippen molar-refractivity contribution in [3.63, 3.8) is 0 Å². The van der Waals surface area contributed by atoms with Gasteiger partial charge in [0.15, 0.2) is 0 Å². The molecular weight excluding hydrogens is 252 g/mol. The Bertz CT molecular complexity index is 472. The fourth-order valence-electron chi connectivity index (χ4n) is 1.62. The fourth-order valence-corrected chi connectivity index (χ4v) is 1.62. The minimum Gasteiger partial charge on any atom is -0.496 e. The van der Waals surface area contributed by atoms with Gasteiger partial charge < -0.3 is 14.2 Å². The topological polar surface area (TPSA) is 27.7 Å². The van der Waals surface area contributed by atoms with Gasteiger partial charge in [0, 0.05) is 24.6 Å². The maximum atomic E-state index is 5.59.